The van der Waals surface area contributed by atoms with Gasteiger partial charge in [-0.25, -0.2) is 0 Å². The Hall–Kier alpha value is -1.00. The van der Waals surface area contributed by atoms with Crippen molar-refractivity contribution in [1.29, 1.82) is 0 Å². The average Bonchev–Trinajstić information content (AvgIpc) is 2.46. The highest BCUT2D eigenvalue weighted by molar-refractivity contribution is 5.05. The van der Waals surface area contributed by atoms with Gasteiger partial charge in [-0.3, -0.25) is 9.97 Å². The highest BCUT2D eigenvalue weighted by atomic mass is 16.5. The van der Waals surface area contributed by atoms with Gasteiger partial charge in [-0.1, -0.05) is 19.3 Å². The van der Waals surface area contributed by atoms with Crippen molar-refractivity contribution in [3.05, 3.63) is 24.3 Å². The first-order valence-corrected chi connectivity index (χ1v) is 6.96. The number of hydrogen-bond acceptors (Lipinski definition) is 4. The molecule has 1 aliphatic carbocycles. The van der Waals surface area contributed by atoms with E-state index in [9.17, 15) is 0 Å². The largest absolute Gasteiger partial charge is 0.376 e. The number of ether oxygens (including phenoxy) is 1. The van der Waals surface area contributed by atoms with E-state index in [1.165, 1.54) is 32.1 Å². The lowest BCUT2D eigenvalue weighted by Gasteiger charge is -2.33. The molecule has 0 spiro atoms. The van der Waals surface area contributed by atoms with Gasteiger partial charge < -0.3 is 10.5 Å². The first-order valence-electron chi connectivity index (χ1n) is 6.96. The summed E-state index contributed by atoms with van der Waals surface area (Å²) in [5.41, 5.74) is 7.16. The Kier molecular flexibility index (Phi) is 5.08. The molecule has 18 heavy (non-hydrogen) atoms. The molecule has 1 aliphatic rings. The zero-order chi connectivity index (χ0) is 12.8. The summed E-state index contributed by atoms with van der Waals surface area (Å²) < 4.78 is 5.90. The zero-order valence-corrected chi connectivity index (χ0v) is 11.1. The van der Waals surface area contributed by atoms with Crippen LogP contribution in [0.3, 0.4) is 0 Å². The Morgan fingerprint density at radius 2 is 2.11 bits per heavy atom. The van der Waals surface area contributed by atoms with Crippen LogP contribution in [0.15, 0.2) is 18.6 Å². The van der Waals surface area contributed by atoms with E-state index in [4.69, 9.17) is 10.5 Å². The van der Waals surface area contributed by atoms with Gasteiger partial charge in [0.25, 0.3) is 0 Å². The first kappa shape index (κ1) is 13.4. The van der Waals surface area contributed by atoms with Crippen LogP contribution in [0.4, 0.5) is 0 Å². The Morgan fingerprint density at radius 3 is 2.72 bits per heavy atom. The average molecular weight is 249 g/mol. The second-order valence-corrected chi connectivity index (χ2v) is 4.97. The number of hydrogen-bond donors (Lipinski definition) is 1. The van der Waals surface area contributed by atoms with Gasteiger partial charge in [-0.2, -0.15) is 0 Å². The van der Waals surface area contributed by atoms with E-state index >= 15 is 0 Å². The third-order valence-corrected chi connectivity index (χ3v) is 3.75. The number of nitrogens with two attached hydrogens (primary N) is 1. The SMILES string of the molecule is CCOC(C1CCCCC1)C(N)c1cnccn1. The molecule has 1 fully saturated rings. The monoisotopic (exact) mass is 249 g/mol. The Morgan fingerprint density at radius 1 is 1.33 bits per heavy atom. The van der Waals surface area contributed by atoms with E-state index in [1.54, 1.807) is 18.6 Å². The van der Waals surface area contributed by atoms with Gasteiger partial charge in [0, 0.05) is 19.0 Å². The van der Waals surface area contributed by atoms with Crippen molar-refractivity contribution in [3.63, 3.8) is 0 Å². The van der Waals surface area contributed by atoms with Crippen LogP contribution in [-0.4, -0.2) is 22.7 Å². The third kappa shape index (κ3) is 3.27. The fourth-order valence-corrected chi connectivity index (χ4v) is 2.84. The molecule has 1 saturated carbocycles. The van der Waals surface area contributed by atoms with Gasteiger partial charge in [0.1, 0.15) is 0 Å². The number of rotatable bonds is 5. The van der Waals surface area contributed by atoms with Crippen LogP contribution in [0.5, 0.6) is 0 Å². The molecule has 0 radical (unpaired) electrons. The quantitative estimate of drug-likeness (QED) is 0.870. The van der Waals surface area contributed by atoms with Gasteiger partial charge in [-0.05, 0) is 25.7 Å². The van der Waals surface area contributed by atoms with Crippen LogP contribution in [0.1, 0.15) is 50.8 Å². The van der Waals surface area contributed by atoms with E-state index in [2.05, 4.69) is 9.97 Å². The van der Waals surface area contributed by atoms with Crippen LogP contribution in [0.25, 0.3) is 0 Å². The van der Waals surface area contributed by atoms with E-state index in [1.807, 2.05) is 6.92 Å². The molecule has 4 nitrogen and oxygen atoms in total. The van der Waals surface area contributed by atoms with Crippen molar-refractivity contribution in [3.8, 4) is 0 Å². The molecule has 2 N–H and O–H groups in total. The summed E-state index contributed by atoms with van der Waals surface area (Å²) in [7, 11) is 0. The fraction of sp³-hybridized carbons (Fsp3) is 0.714. The molecule has 4 heteroatoms. The molecule has 1 heterocycles. The van der Waals surface area contributed by atoms with Crippen molar-refractivity contribution in [1.82, 2.24) is 9.97 Å². The molecule has 2 unspecified atom stereocenters. The Labute approximate surface area is 109 Å². The summed E-state index contributed by atoms with van der Waals surface area (Å²) in [6.45, 7) is 2.73. The van der Waals surface area contributed by atoms with E-state index in [0.717, 1.165) is 5.69 Å². The number of aromatic nitrogens is 2. The molecule has 1 aromatic heterocycles. The van der Waals surface area contributed by atoms with Crippen molar-refractivity contribution in [2.45, 2.75) is 51.2 Å². The molecular formula is C14H23N3O. The predicted octanol–water partition coefficient (Wildman–Crippen LogP) is 2.46. The van der Waals surface area contributed by atoms with Gasteiger partial charge in [0.15, 0.2) is 0 Å². The van der Waals surface area contributed by atoms with E-state index in [-0.39, 0.29) is 12.1 Å². The van der Waals surface area contributed by atoms with Gasteiger partial charge in [-0.15, -0.1) is 0 Å². The lowest BCUT2D eigenvalue weighted by molar-refractivity contribution is -0.0107. The highest BCUT2D eigenvalue weighted by Gasteiger charge is 2.30. The fourth-order valence-electron chi connectivity index (χ4n) is 2.84. The number of nitrogens with zero attached hydrogens (tertiary/aromatic N) is 2. The second kappa shape index (κ2) is 6.81. The Bertz CT molecular complexity index is 338. The molecule has 0 bridgehead atoms. The molecule has 0 aromatic carbocycles. The minimum absolute atomic E-state index is 0.0759. The minimum atomic E-state index is -0.165. The first-order chi connectivity index (χ1) is 8.83. The minimum Gasteiger partial charge on any atom is -0.376 e. The molecule has 0 amide bonds. The van der Waals surface area contributed by atoms with Crippen LogP contribution < -0.4 is 5.73 Å². The smallest absolute Gasteiger partial charge is 0.0811 e. The van der Waals surface area contributed by atoms with Crippen molar-refractivity contribution in [2.24, 2.45) is 11.7 Å². The Balaban J connectivity index is 2.08. The van der Waals surface area contributed by atoms with E-state index < -0.39 is 0 Å². The van der Waals surface area contributed by atoms with Crippen molar-refractivity contribution < 1.29 is 4.74 Å². The van der Waals surface area contributed by atoms with Gasteiger partial charge >= 0.3 is 0 Å². The third-order valence-electron chi connectivity index (χ3n) is 3.75. The predicted molar refractivity (Wildman–Crippen MR) is 70.9 cm³/mol. The summed E-state index contributed by atoms with van der Waals surface area (Å²) in [5.74, 6) is 0.565. The molecule has 0 saturated heterocycles. The summed E-state index contributed by atoms with van der Waals surface area (Å²) in [4.78, 5) is 8.40. The summed E-state index contributed by atoms with van der Waals surface area (Å²) in [6, 6.07) is -0.165. The summed E-state index contributed by atoms with van der Waals surface area (Å²) >= 11 is 0. The molecular weight excluding hydrogens is 226 g/mol. The summed E-state index contributed by atoms with van der Waals surface area (Å²) in [5, 5.41) is 0. The van der Waals surface area contributed by atoms with Crippen LogP contribution in [0.2, 0.25) is 0 Å². The maximum Gasteiger partial charge on any atom is 0.0811 e. The maximum atomic E-state index is 6.33. The zero-order valence-electron chi connectivity index (χ0n) is 11.1. The van der Waals surface area contributed by atoms with Gasteiger partial charge in [0.05, 0.1) is 24.0 Å². The molecule has 100 valence electrons. The topological polar surface area (TPSA) is 61.0 Å². The molecule has 2 atom stereocenters. The molecule has 1 aromatic rings. The van der Waals surface area contributed by atoms with Gasteiger partial charge in [0.2, 0.25) is 0 Å². The lowest BCUT2D eigenvalue weighted by Crippen LogP contribution is -2.37. The molecule has 2 rings (SSSR count). The molecule has 0 aliphatic heterocycles. The van der Waals surface area contributed by atoms with Crippen LogP contribution in [-0.2, 0) is 4.74 Å². The standard InChI is InChI=1S/C14H23N3O/c1-2-18-14(11-6-4-3-5-7-11)13(15)12-10-16-8-9-17-12/h8-11,13-14H,2-7,15H2,1H3. The van der Waals surface area contributed by atoms with Crippen LogP contribution >= 0.6 is 0 Å². The van der Waals surface area contributed by atoms with Crippen molar-refractivity contribution >= 4 is 0 Å². The van der Waals surface area contributed by atoms with Crippen LogP contribution in [0, 0.1) is 5.92 Å². The maximum absolute atomic E-state index is 6.33. The normalized spacial score (nSPS) is 20.6. The second-order valence-electron chi connectivity index (χ2n) is 4.97. The lowest BCUT2D eigenvalue weighted by atomic mass is 9.82. The highest BCUT2D eigenvalue weighted by Crippen LogP contribution is 2.32. The van der Waals surface area contributed by atoms with Crippen molar-refractivity contribution in [2.75, 3.05) is 6.61 Å². The van der Waals surface area contributed by atoms with E-state index in [0.29, 0.717) is 12.5 Å². The summed E-state index contributed by atoms with van der Waals surface area (Å²) in [6.07, 6.45) is 11.6.